The van der Waals surface area contributed by atoms with Gasteiger partial charge in [-0.05, 0) is 57.5 Å². The van der Waals surface area contributed by atoms with Crippen molar-refractivity contribution >= 4 is 45.2 Å². The number of nitrogens with zero attached hydrogens (tertiary/aromatic N) is 3. The van der Waals surface area contributed by atoms with Crippen LogP contribution in [0.15, 0.2) is 63.4 Å². The van der Waals surface area contributed by atoms with Crippen LogP contribution in [-0.4, -0.2) is 39.6 Å². The van der Waals surface area contributed by atoms with Crippen LogP contribution in [0.4, 0.5) is 11.6 Å². The second kappa shape index (κ2) is 11.8. The van der Waals surface area contributed by atoms with Crippen LogP contribution < -0.4 is 20.1 Å². The molecule has 36 heavy (non-hydrogen) atoms. The molecule has 1 aliphatic rings. The van der Waals surface area contributed by atoms with Gasteiger partial charge in [0.2, 0.25) is 11.1 Å². The Morgan fingerprint density at radius 2 is 1.89 bits per heavy atom. The Morgan fingerprint density at radius 1 is 1.14 bits per heavy atom. The number of rotatable bonds is 10. The lowest BCUT2D eigenvalue weighted by atomic mass is 9.94. The third-order valence-corrected chi connectivity index (χ3v) is 7.05. The molecule has 1 amide bonds. The summed E-state index contributed by atoms with van der Waals surface area (Å²) in [5.74, 6) is 2.53. The predicted molar refractivity (Wildman–Crippen MR) is 147 cm³/mol. The van der Waals surface area contributed by atoms with Crippen LogP contribution in [0, 0.1) is 0 Å². The molecule has 0 bridgehead atoms. The molecule has 0 saturated heterocycles. The molecular weight excluding hydrogens is 542 g/mol. The third kappa shape index (κ3) is 5.54. The van der Waals surface area contributed by atoms with Gasteiger partial charge in [-0.15, -0.1) is 5.10 Å². The third-order valence-electron chi connectivity index (χ3n) is 5.51. The molecule has 0 radical (unpaired) electrons. The molecule has 1 atom stereocenters. The lowest BCUT2D eigenvalue weighted by Crippen LogP contribution is -2.32. The zero-order valence-electron chi connectivity index (χ0n) is 20.8. The first-order valence-electron chi connectivity index (χ1n) is 12.0. The summed E-state index contributed by atoms with van der Waals surface area (Å²) in [6.07, 6.45) is 1.01. The minimum atomic E-state index is -0.553. The molecule has 3 aromatic rings. The summed E-state index contributed by atoms with van der Waals surface area (Å²) in [4.78, 5) is 18.6. The van der Waals surface area contributed by atoms with Gasteiger partial charge < -0.3 is 20.1 Å². The van der Waals surface area contributed by atoms with E-state index in [9.17, 15) is 4.79 Å². The zero-order chi connectivity index (χ0) is 25.7. The van der Waals surface area contributed by atoms with Gasteiger partial charge in [0.25, 0.3) is 5.91 Å². The second-order valence-electron chi connectivity index (χ2n) is 8.08. The summed E-state index contributed by atoms with van der Waals surface area (Å²) < 4.78 is 14.4. The Balaban J connectivity index is 1.82. The average molecular weight is 573 g/mol. The Hall–Kier alpha value is -2.98. The quantitative estimate of drug-likeness (QED) is 0.277. The summed E-state index contributed by atoms with van der Waals surface area (Å²) in [5, 5.41) is 11.8. The van der Waals surface area contributed by atoms with Crippen molar-refractivity contribution in [1.29, 1.82) is 0 Å². The van der Waals surface area contributed by atoms with Crippen molar-refractivity contribution in [3.05, 3.63) is 63.8 Å². The Kier molecular flexibility index (Phi) is 8.58. The molecule has 2 heterocycles. The summed E-state index contributed by atoms with van der Waals surface area (Å²) in [7, 11) is 0. The number of para-hydroxylation sites is 2. The van der Waals surface area contributed by atoms with E-state index in [4.69, 9.17) is 19.6 Å². The molecule has 0 fully saturated rings. The molecule has 0 saturated carbocycles. The van der Waals surface area contributed by atoms with Crippen LogP contribution in [0.5, 0.6) is 11.5 Å². The number of fused-ring (bicyclic) bond motifs is 1. The van der Waals surface area contributed by atoms with Crippen molar-refractivity contribution < 1.29 is 14.3 Å². The van der Waals surface area contributed by atoms with E-state index in [0.717, 1.165) is 22.2 Å². The fraction of sp³-hybridized carbons (Fsp3) is 0.346. The molecule has 190 valence electrons. The number of allylic oxidation sites excluding steroid dienone is 1. The molecule has 8 nitrogen and oxygen atoms in total. The molecule has 2 aromatic carbocycles. The lowest BCUT2D eigenvalue weighted by Gasteiger charge is -2.30. The number of carbonyl (C=O) groups excluding carboxylic acids is 1. The average Bonchev–Trinajstić information content (AvgIpc) is 3.26. The first-order chi connectivity index (χ1) is 17.5. The zero-order valence-corrected chi connectivity index (χ0v) is 23.2. The lowest BCUT2D eigenvalue weighted by molar-refractivity contribution is -0.113. The van der Waals surface area contributed by atoms with E-state index in [-0.39, 0.29) is 5.91 Å². The molecule has 2 N–H and O–H groups in total. The maximum atomic E-state index is 13.9. The van der Waals surface area contributed by atoms with Crippen molar-refractivity contribution in [2.45, 2.75) is 45.3 Å². The number of nitrogens with one attached hydrogen (secondary N) is 2. The minimum absolute atomic E-state index is 0.261. The number of hydrogen-bond donors (Lipinski definition) is 2. The largest absolute Gasteiger partial charge is 0.494 e. The molecule has 1 unspecified atom stereocenters. The Bertz CT molecular complexity index is 1280. The maximum absolute atomic E-state index is 13.9. The molecule has 0 aliphatic carbocycles. The van der Waals surface area contributed by atoms with E-state index in [2.05, 4.69) is 33.5 Å². The van der Waals surface area contributed by atoms with E-state index in [0.29, 0.717) is 52.8 Å². The van der Waals surface area contributed by atoms with Crippen LogP contribution in [-0.2, 0) is 4.79 Å². The topological polar surface area (TPSA) is 90.3 Å². The smallest absolute Gasteiger partial charge is 0.255 e. The molecule has 0 spiro atoms. The van der Waals surface area contributed by atoms with Gasteiger partial charge in [-0.1, -0.05) is 46.7 Å². The summed E-state index contributed by atoms with van der Waals surface area (Å²) >= 11 is 5.18. The number of carbonyl (C=O) groups is 1. The van der Waals surface area contributed by atoms with Gasteiger partial charge in [0, 0.05) is 21.5 Å². The summed E-state index contributed by atoms with van der Waals surface area (Å²) in [6.45, 7) is 8.84. The van der Waals surface area contributed by atoms with Crippen molar-refractivity contribution in [2.24, 2.45) is 0 Å². The Labute approximate surface area is 224 Å². The van der Waals surface area contributed by atoms with Gasteiger partial charge in [0.15, 0.2) is 0 Å². The Morgan fingerprint density at radius 3 is 2.64 bits per heavy atom. The highest BCUT2D eigenvalue weighted by Gasteiger charge is 2.36. The van der Waals surface area contributed by atoms with Crippen LogP contribution >= 0.6 is 27.7 Å². The minimum Gasteiger partial charge on any atom is -0.494 e. The van der Waals surface area contributed by atoms with Gasteiger partial charge in [-0.2, -0.15) is 4.98 Å². The number of anilines is 2. The molecule has 10 heteroatoms. The number of halogens is 1. The van der Waals surface area contributed by atoms with Crippen molar-refractivity contribution in [3.63, 3.8) is 0 Å². The number of benzene rings is 2. The van der Waals surface area contributed by atoms with Crippen LogP contribution in [0.1, 0.15) is 45.7 Å². The molecular formula is C26H30BrN5O3S. The van der Waals surface area contributed by atoms with Crippen LogP contribution in [0.25, 0.3) is 0 Å². The molecule has 1 aromatic heterocycles. The normalized spacial score (nSPS) is 14.8. The van der Waals surface area contributed by atoms with Gasteiger partial charge in [-0.3, -0.25) is 4.79 Å². The van der Waals surface area contributed by atoms with Gasteiger partial charge >= 0.3 is 0 Å². The molecule has 4 rings (SSSR count). The number of hydrogen-bond acceptors (Lipinski definition) is 7. The second-order valence-corrected chi connectivity index (χ2v) is 10.1. The SMILES string of the molecule is CCCSc1nc2n(n1)C(c1cc(Br)ccc1OCC)C(C(=O)Nc1ccccc1OCC)=C(C)N2. The number of thioether (sulfide) groups is 1. The highest BCUT2D eigenvalue weighted by Crippen LogP contribution is 2.41. The number of ether oxygens (including phenoxy) is 2. The van der Waals surface area contributed by atoms with Crippen molar-refractivity contribution in [1.82, 2.24) is 14.8 Å². The van der Waals surface area contributed by atoms with Crippen LogP contribution in [0.3, 0.4) is 0 Å². The monoisotopic (exact) mass is 571 g/mol. The fourth-order valence-electron chi connectivity index (χ4n) is 4.03. The number of aromatic nitrogens is 3. The van der Waals surface area contributed by atoms with E-state index >= 15 is 0 Å². The van der Waals surface area contributed by atoms with E-state index < -0.39 is 6.04 Å². The van der Waals surface area contributed by atoms with E-state index in [1.165, 1.54) is 0 Å². The van der Waals surface area contributed by atoms with Crippen molar-refractivity contribution in [3.8, 4) is 11.5 Å². The first kappa shape index (κ1) is 26.1. The predicted octanol–water partition coefficient (Wildman–Crippen LogP) is 6.27. The van der Waals surface area contributed by atoms with Gasteiger partial charge in [0.05, 0.1) is 24.5 Å². The highest BCUT2D eigenvalue weighted by molar-refractivity contribution is 9.10. The fourth-order valence-corrected chi connectivity index (χ4v) is 5.09. The van der Waals surface area contributed by atoms with Gasteiger partial charge in [0.1, 0.15) is 17.5 Å². The van der Waals surface area contributed by atoms with E-state index in [1.807, 2.05) is 63.2 Å². The standard InChI is InChI=1S/C26H30BrN5O3S/c1-5-14-36-26-30-25-28-16(4)22(24(33)29-19-10-8-9-11-21(19)35-7-3)23(32(25)31-26)18-15-17(27)12-13-20(18)34-6-2/h8-13,15,23H,5-7,14H2,1-4H3,(H,29,33)(H,28,30,31). The summed E-state index contributed by atoms with van der Waals surface area (Å²) in [5.41, 5.74) is 2.63. The number of amides is 1. The van der Waals surface area contributed by atoms with E-state index in [1.54, 1.807) is 16.4 Å². The molecule has 1 aliphatic heterocycles. The summed E-state index contributed by atoms with van der Waals surface area (Å²) in [6, 6.07) is 12.7. The highest BCUT2D eigenvalue weighted by atomic mass is 79.9. The first-order valence-corrected chi connectivity index (χ1v) is 13.8. The van der Waals surface area contributed by atoms with Gasteiger partial charge in [-0.25, -0.2) is 4.68 Å². The van der Waals surface area contributed by atoms with Crippen molar-refractivity contribution in [2.75, 3.05) is 29.6 Å². The van der Waals surface area contributed by atoms with Crippen LogP contribution in [0.2, 0.25) is 0 Å². The maximum Gasteiger partial charge on any atom is 0.255 e.